The number of benzene rings is 1. The smallest absolute Gasteiger partial charge is 0.319 e. The first kappa shape index (κ1) is 15.9. The molecule has 22 heavy (non-hydrogen) atoms. The Hall–Kier alpha value is -2.43. The largest absolute Gasteiger partial charge is 0.468 e. The van der Waals surface area contributed by atoms with Crippen molar-refractivity contribution >= 4 is 17.6 Å². The van der Waals surface area contributed by atoms with Gasteiger partial charge in [0.15, 0.2) is 0 Å². The maximum Gasteiger partial charge on any atom is 0.319 e. The van der Waals surface area contributed by atoms with Gasteiger partial charge in [0.2, 0.25) is 0 Å². The molecule has 8 heteroatoms. The van der Waals surface area contributed by atoms with Gasteiger partial charge in [0.1, 0.15) is 0 Å². The lowest BCUT2D eigenvalue weighted by Crippen LogP contribution is -2.30. The Balaban J connectivity index is 2.08. The molecule has 0 N–H and O–H groups in total. The Morgan fingerprint density at radius 1 is 1.45 bits per heavy atom. The van der Waals surface area contributed by atoms with Gasteiger partial charge >= 0.3 is 5.97 Å². The van der Waals surface area contributed by atoms with Gasteiger partial charge in [-0.25, -0.2) is 4.68 Å². The molecule has 7 nitrogen and oxygen atoms in total. The van der Waals surface area contributed by atoms with E-state index in [-0.39, 0.29) is 13.1 Å². The number of aromatic nitrogens is 3. The molecule has 0 fully saturated rings. The monoisotopic (exact) mass is 319 g/mol. The zero-order chi connectivity index (χ0) is 15.9. The number of nitriles is 1. The number of hydrogen-bond acceptors (Lipinski definition) is 6. The fourth-order valence-electron chi connectivity index (χ4n) is 1.83. The van der Waals surface area contributed by atoms with E-state index in [1.807, 2.05) is 18.2 Å². The molecule has 1 aromatic carbocycles. The highest BCUT2D eigenvalue weighted by Crippen LogP contribution is 2.13. The van der Waals surface area contributed by atoms with E-state index in [2.05, 4.69) is 15.0 Å². The van der Waals surface area contributed by atoms with Gasteiger partial charge in [-0.2, -0.15) is 5.26 Å². The second-order valence-electron chi connectivity index (χ2n) is 4.51. The van der Waals surface area contributed by atoms with Crippen molar-refractivity contribution < 1.29 is 9.53 Å². The zero-order valence-corrected chi connectivity index (χ0v) is 12.7. The van der Waals surface area contributed by atoms with E-state index in [9.17, 15) is 4.79 Å². The van der Waals surface area contributed by atoms with Crippen molar-refractivity contribution in [1.29, 1.82) is 5.26 Å². The summed E-state index contributed by atoms with van der Waals surface area (Å²) in [7, 11) is 1.31. The summed E-state index contributed by atoms with van der Waals surface area (Å²) >= 11 is 5.84. The summed E-state index contributed by atoms with van der Waals surface area (Å²) in [6, 6.07) is 9.18. The highest BCUT2D eigenvalue weighted by molar-refractivity contribution is 6.30. The molecule has 114 valence electrons. The van der Waals surface area contributed by atoms with Crippen LogP contribution in [0.1, 0.15) is 5.69 Å². The van der Waals surface area contributed by atoms with Crippen LogP contribution in [0.2, 0.25) is 5.02 Å². The van der Waals surface area contributed by atoms with Crippen molar-refractivity contribution in [1.82, 2.24) is 19.9 Å². The summed E-state index contributed by atoms with van der Waals surface area (Å²) in [6.07, 6.45) is 1.74. The maximum absolute atomic E-state index is 11.3. The molecule has 0 aliphatic heterocycles. The third-order valence-corrected chi connectivity index (χ3v) is 3.14. The van der Waals surface area contributed by atoms with Gasteiger partial charge in [0, 0.05) is 11.6 Å². The highest BCUT2D eigenvalue weighted by Gasteiger charge is 2.13. The minimum absolute atomic E-state index is 0.0257. The minimum Gasteiger partial charge on any atom is -0.468 e. The fraction of sp³-hybridized carbons (Fsp3) is 0.286. The van der Waals surface area contributed by atoms with E-state index in [1.165, 1.54) is 7.11 Å². The highest BCUT2D eigenvalue weighted by atomic mass is 35.5. The summed E-state index contributed by atoms with van der Waals surface area (Å²) in [5.41, 5.74) is 1.47. The molecule has 0 aliphatic carbocycles. The molecule has 2 rings (SSSR count). The molecule has 1 aromatic heterocycles. The third-order valence-electron chi connectivity index (χ3n) is 2.89. The molecule has 0 spiro atoms. The first-order chi connectivity index (χ1) is 10.6. The SMILES string of the molecule is COC(=O)CN(CC#N)Cc1cn(-c2ccc(Cl)cc2)nn1. The quantitative estimate of drug-likeness (QED) is 0.591. The van der Waals surface area contributed by atoms with Crippen LogP contribution < -0.4 is 0 Å². The molecule has 0 saturated heterocycles. The van der Waals surface area contributed by atoms with Crippen LogP contribution in [0, 0.1) is 11.3 Å². The molecule has 0 saturated carbocycles. The van der Waals surface area contributed by atoms with Gasteiger partial charge in [-0.1, -0.05) is 16.8 Å². The van der Waals surface area contributed by atoms with Crippen molar-refractivity contribution in [2.45, 2.75) is 6.54 Å². The molecule has 0 amide bonds. The number of hydrogen-bond donors (Lipinski definition) is 0. The van der Waals surface area contributed by atoms with Crippen LogP contribution in [0.4, 0.5) is 0 Å². The number of carbonyl (C=O) groups is 1. The zero-order valence-electron chi connectivity index (χ0n) is 11.9. The van der Waals surface area contributed by atoms with E-state index >= 15 is 0 Å². The first-order valence-corrected chi connectivity index (χ1v) is 6.83. The van der Waals surface area contributed by atoms with Crippen LogP contribution in [0.25, 0.3) is 5.69 Å². The number of rotatable bonds is 6. The lowest BCUT2D eigenvalue weighted by atomic mass is 10.3. The molecule has 1 heterocycles. The van der Waals surface area contributed by atoms with Gasteiger partial charge in [0.05, 0.1) is 43.8 Å². The van der Waals surface area contributed by atoms with Crippen molar-refractivity contribution in [3.05, 3.63) is 41.2 Å². The summed E-state index contributed by atoms with van der Waals surface area (Å²) < 4.78 is 6.21. The van der Waals surface area contributed by atoms with Crippen molar-refractivity contribution in [2.75, 3.05) is 20.2 Å². The van der Waals surface area contributed by atoms with Crippen molar-refractivity contribution in [2.24, 2.45) is 0 Å². The Kier molecular flexibility index (Phi) is 5.47. The maximum atomic E-state index is 11.3. The molecule has 0 radical (unpaired) electrons. The van der Waals surface area contributed by atoms with Crippen LogP contribution in [-0.4, -0.2) is 46.1 Å². The minimum atomic E-state index is -0.402. The molecule has 2 aromatic rings. The molecule has 0 atom stereocenters. The number of nitrogens with zero attached hydrogens (tertiary/aromatic N) is 5. The van der Waals surface area contributed by atoms with Gasteiger partial charge in [-0.3, -0.25) is 9.69 Å². The summed E-state index contributed by atoms with van der Waals surface area (Å²) in [6.45, 7) is 0.455. The second kappa shape index (κ2) is 7.54. The molecule has 0 aliphatic rings. The van der Waals surface area contributed by atoms with Crippen molar-refractivity contribution in [3.8, 4) is 11.8 Å². The Labute approximate surface area is 132 Å². The molecule has 0 bridgehead atoms. The first-order valence-electron chi connectivity index (χ1n) is 6.45. The van der Waals surface area contributed by atoms with Crippen LogP contribution in [-0.2, 0) is 16.1 Å². The van der Waals surface area contributed by atoms with Gasteiger partial charge in [0.25, 0.3) is 0 Å². The summed E-state index contributed by atoms with van der Waals surface area (Å²) in [5, 5.41) is 17.5. The number of esters is 1. The van der Waals surface area contributed by atoms with E-state index < -0.39 is 5.97 Å². The molecule has 0 unspecified atom stereocenters. The standard InChI is InChI=1S/C14H14ClN5O2/c1-22-14(21)10-19(7-6-16)8-12-9-20(18-17-12)13-4-2-11(15)3-5-13/h2-5,9H,7-8,10H2,1H3. The molecular weight excluding hydrogens is 306 g/mol. The van der Waals surface area contributed by atoms with Crippen molar-refractivity contribution in [3.63, 3.8) is 0 Å². The number of methoxy groups -OCH3 is 1. The Morgan fingerprint density at radius 3 is 2.82 bits per heavy atom. The number of ether oxygens (including phenoxy) is 1. The van der Waals surface area contributed by atoms with E-state index in [0.29, 0.717) is 17.3 Å². The predicted octanol–water partition coefficient (Wildman–Crippen LogP) is 1.42. The van der Waals surface area contributed by atoms with Crippen LogP contribution in [0.3, 0.4) is 0 Å². The number of carbonyl (C=O) groups excluding carboxylic acids is 1. The Morgan fingerprint density at radius 2 is 2.18 bits per heavy atom. The van der Waals surface area contributed by atoms with Gasteiger partial charge in [-0.05, 0) is 24.3 Å². The Bertz CT molecular complexity index is 677. The normalized spacial score (nSPS) is 10.5. The van der Waals surface area contributed by atoms with Crippen LogP contribution in [0.15, 0.2) is 30.5 Å². The lowest BCUT2D eigenvalue weighted by molar-refractivity contribution is -0.141. The fourth-order valence-corrected chi connectivity index (χ4v) is 1.96. The van der Waals surface area contributed by atoms with Gasteiger partial charge < -0.3 is 4.74 Å². The third kappa shape index (κ3) is 4.28. The lowest BCUT2D eigenvalue weighted by Gasteiger charge is -2.15. The molecular formula is C14H14ClN5O2. The average molecular weight is 320 g/mol. The predicted molar refractivity (Wildman–Crippen MR) is 79.3 cm³/mol. The topological polar surface area (TPSA) is 84.0 Å². The number of halogens is 1. The van der Waals surface area contributed by atoms with Gasteiger partial charge in [-0.15, -0.1) is 5.10 Å². The van der Waals surface area contributed by atoms with E-state index in [1.54, 1.807) is 27.9 Å². The van der Waals surface area contributed by atoms with Crippen LogP contribution in [0.5, 0.6) is 0 Å². The van der Waals surface area contributed by atoms with E-state index in [0.717, 1.165) is 5.69 Å². The average Bonchev–Trinajstić information content (AvgIpc) is 2.96. The summed E-state index contributed by atoms with van der Waals surface area (Å²) in [5.74, 6) is -0.402. The second-order valence-corrected chi connectivity index (χ2v) is 4.95. The summed E-state index contributed by atoms with van der Waals surface area (Å²) in [4.78, 5) is 12.9. The van der Waals surface area contributed by atoms with E-state index in [4.69, 9.17) is 16.9 Å². The van der Waals surface area contributed by atoms with Crippen LogP contribution >= 0.6 is 11.6 Å².